The average molecular weight is 487 g/mol. The quantitative estimate of drug-likeness (QED) is 0.619. The van der Waals surface area contributed by atoms with Crippen LogP contribution in [-0.2, 0) is 14.8 Å². The molecule has 8 nitrogen and oxygen atoms in total. The Bertz CT molecular complexity index is 1070. The monoisotopic (exact) mass is 486 g/mol. The van der Waals surface area contributed by atoms with Crippen LogP contribution in [0.4, 0.5) is 18.2 Å². The maximum atomic E-state index is 13.3. The molecule has 0 bridgehead atoms. The number of amides is 2. The van der Waals surface area contributed by atoms with Crippen LogP contribution in [0.2, 0.25) is 5.02 Å². The normalized spacial score (nSPS) is 13.0. The zero-order valence-electron chi connectivity index (χ0n) is 15.0. The van der Waals surface area contributed by atoms with Crippen LogP contribution in [0.15, 0.2) is 34.5 Å². The van der Waals surface area contributed by atoms with Crippen molar-refractivity contribution >= 4 is 49.8 Å². The van der Waals surface area contributed by atoms with Gasteiger partial charge in [0.15, 0.2) is 0 Å². The number of carbonyl (C=O) groups is 2. The van der Waals surface area contributed by atoms with Crippen LogP contribution >= 0.6 is 22.9 Å². The van der Waals surface area contributed by atoms with E-state index in [0.717, 1.165) is 12.1 Å². The summed E-state index contributed by atoms with van der Waals surface area (Å²) in [4.78, 5) is 23.4. The summed E-state index contributed by atoms with van der Waals surface area (Å²) in [7, 11) is -5.09. The highest BCUT2D eigenvalue weighted by molar-refractivity contribution is 7.94. The molecule has 0 aliphatic heterocycles. The van der Waals surface area contributed by atoms with Crippen LogP contribution in [0, 0.1) is 5.92 Å². The SMILES string of the molecule is CC(CO)C(=O)N(c1sccc1C(N)=O)S(=O)(=O)c1cc(Cl)ccc1OC(F)(F)F. The van der Waals surface area contributed by atoms with Gasteiger partial charge in [0.25, 0.3) is 15.9 Å². The molecule has 164 valence electrons. The summed E-state index contributed by atoms with van der Waals surface area (Å²) in [5.74, 6) is -4.71. The second kappa shape index (κ2) is 8.79. The maximum absolute atomic E-state index is 13.3. The number of benzene rings is 1. The van der Waals surface area contributed by atoms with Crippen LogP contribution in [0.25, 0.3) is 0 Å². The Kier molecular flexibility index (Phi) is 7.01. The van der Waals surface area contributed by atoms with Crippen molar-refractivity contribution in [2.24, 2.45) is 11.7 Å². The number of nitrogens with two attached hydrogens (primary N) is 1. The number of nitrogens with zero attached hydrogens (tertiary/aromatic N) is 1. The third-order valence-electron chi connectivity index (χ3n) is 3.64. The van der Waals surface area contributed by atoms with Gasteiger partial charge in [0.2, 0.25) is 5.91 Å². The lowest BCUT2D eigenvalue weighted by Crippen LogP contribution is -2.42. The lowest BCUT2D eigenvalue weighted by atomic mass is 10.2. The number of carbonyl (C=O) groups excluding carboxylic acids is 2. The Hall–Kier alpha value is -2.35. The van der Waals surface area contributed by atoms with Gasteiger partial charge in [-0.05, 0) is 29.6 Å². The van der Waals surface area contributed by atoms with Crippen LogP contribution < -0.4 is 14.8 Å². The van der Waals surface area contributed by atoms with Gasteiger partial charge in [-0.1, -0.05) is 18.5 Å². The van der Waals surface area contributed by atoms with Crippen molar-refractivity contribution in [2.45, 2.75) is 18.2 Å². The summed E-state index contributed by atoms with van der Waals surface area (Å²) in [5.41, 5.74) is 4.86. The predicted molar refractivity (Wildman–Crippen MR) is 102 cm³/mol. The van der Waals surface area contributed by atoms with E-state index in [9.17, 15) is 36.3 Å². The molecule has 0 saturated carbocycles. The fourth-order valence-corrected chi connectivity index (χ4v) is 5.29. The molecular weight excluding hydrogens is 473 g/mol. The molecule has 1 aromatic carbocycles. The highest BCUT2D eigenvalue weighted by atomic mass is 35.5. The Labute approximate surface area is 177 Å². The number of anilines is 1. The molecule has 0 aliphatic rings. The molecule has 0 radical (unpaired) electrons. The van der Waals surface area contributed by atoms with Gasteiger partial charge in [0.1, 0.15) is 15.6 Å². The van der Waals surface area contributed by atoms with Crippen molar-refractivity contribution in [3.8, 4) is 5.75 Å². The number of aliphatic hydroxyl groups is 1. The number of sulfonamides is 1. The molecule has 1 heterocycles. The summed E-state index contributed by atoms with van der Waals surface area (Å²) in [6.45, 7) is 0.414. The molecule has 1 atom stereocenters. The summed E-state index contributed by atoms with van der Waals surface area (Å²) >= 11 is 6.39. The van der Waals surface area contributed by atoms with Crippen molar-refractivity contribution in [1.29, 1.82) is 0 Å². The first kappa shape index (κ1) is 23.9. The fraction of sp³-hybridized carbons (Fsp3) is 0.250. The molecule has 0 spiro atoms. The van der Waals surface area contributed by atoms with Gasteiger partial charge in [-0.25, -0.2) is 8.42 Å². The minimum absolute atomic E-state index is 0.119. The standard InChI is InChI=1S/C16H14ClF3N2O6S2/c1-8(7-23)14(25)22(15-10(13(21)24)4-5-29-15)30(26,27)12-6-9(17)2-3-11(12)28-16(18,19)20/h2-6,8,23H,7H2,1H3,(H2,21,24). The second-order valence-corrected chi connectivity index (χ2v) is 8.92. The van der Waals surface area contributed by atoms with E-state index >= 15 is 0 Å². The molecule has 14 heteroatoms. The van der Waals surface area contributed by atoms with E-state index in [1.54, 1.807) is 0 Å². The van der Waals surface area contributed by atoms with E-state index in [-0.39, 0.29) is 14.9 Å². The fourth-order valence-electron chi connectivity index (χ4n) is 2.24. The van der Waals surface area contributed by atoms with Crippen molar-refractivity contribution in [1.82, 2.24) is 0 Å². The number of rotatable bonds is 7. The number of halogens is 4. The van der Waals surface area contributed by atoms with Gasteiger partial charge >= 0.3 is 6.36 Å². The minimum atomic E-state index is -5.24. The van der Waals surface area contributed by atoms with E-state index in [0.29, 0.717) is 23.5 Å². The van der Waals surface area contributed by atoms with Crippen LogP contribution in [0.5, 0.6) is 5.75 Å². The third-order valence-corrected chi connectivity index (χ3v) is 6.61. The molecule has 1 aromatic heterocycles. The molecule has 2 amide bonds. The first-order valence-electron chi connectivity index (χ1n) is 7.92. The van der Waals surface area contributed by atoms with Gasteiger partial charge in [-0.15, -0.1) is 24.5 Å². The zero-order chi connectivity index (χ0) is 22.9. The molecule has 2 rings (SSSR count). The highest BCUT2D eigenvalue weighted by Crippen LogP contribution is 2.38. The molecular formula is C16H14ClF3N2O6S2. The Morgan fingerprint density at radius 1 is 1.33 bits per heavy atom. The summed E-state index contributed by atoms with van der Waals surface area (Å²) in [5, 5.41) is 9.85. The average Bonchev–Trinajstić information content (AvgIpc) is 3.10. The molecule has 2 aromatic rings. The van der Waals surface area contributed by atoms with Crippen molar-refractivity contribution in [2.75, 3.05) is 10.9 Å². The number of alkyl halides is 3. The van der Waals surface area contributed by atoms with E-state index in [1.165, 1.54) is 12.3 Å². The topological polar surface area (TPSA) is 127 Å². The zero-order valence-corrected chi connectivity index (χ0v) is 17.4. The largest absolute Gasteiger partial charge is 0.573 e. The van der Waals surface area contributed by atoms with Crippen LogP contribution in [-0.4, -0.2) is 38.3 Å². The first-order chi connectivity index (χ1) is 13.8. The Balaban J connectivity index is 2.78. The third kappa shape index (κ3) is 5.03. The number of primary amides is 1. The first-order valence-corrected chi connectivity index (χ1v) is 10.6. The highest BCUT2D eigenvalue weighted by Gasteiger charge is 2.40. The number of hydrogen-bond acceptors (Lipinski definition) is 7. The predicted octanol–water partition coefficient (Wildman–Crippen LogP) is 2.75. The molecule has 0 aliphatic carbocycles. The van der Waals surface area contributed by atoms with Gasteiger partial charge in [0, 0.05) is 5.02 Å². The van der Waals surface area contributed by atoms with Crippen molar-refractivity contribution in [3.63, 3.8) is 0 Å². The summed E-state index contributed by atoms with van der Waals surface area (Å²) < 4.78 is 68.8. The van der Waals surface area contributed by atoms with Crippen molar-refractivity contribution < 1.29 is 41.0 Å². The van der Waals surface area contributed by atoms with Gasteiger partial charge in [-0.2, -0.15) is 4.31 Å². The summed E-state index contributed by atoms with van der Waals surface area (Å²) in [6, 6.07) is 3.45. The van der Waals surface area contributed by atoms with Gasteiger partial charge in [0.05, 0.1) is 18.1 Å². The van der Waals surface area contributed by atoms with E-state index in [1.807, 2.05) is 0 Å². The van der Waals surface area contributed by atoms with E-state index < -0.39 is 56.4 Å². The molecule has 3 N–H and O–H groups in total. The number of thiophene rings is 1. The lowest BCUT2D eigenvalue weighted by Gasteiger charge is -2.25. The lowest BCUT2D eigenvalue weighted by molar-refractivity contribution is -0.275. The number of aliphatic hydroxyl groups excluding tert-OH is 1. The maximum Gasteiger partial charge on any atom is 0.573 e. The molecule has 1 unspecified atom stereocenters. The molecule has 0 fully saturated rings. The van der Waals surface area contributed by atoms with E-state index in [4.69, 9.17) is 17.3 Å². The Morgan fingerprint density at radius 3 is 2.50 bits per heavy atom. The second-order valence-electron chi connectivity index (χ2n) is 5.83. The smallest absolute Gasteiger partial charge is 0.404 e. The summed E-state index contributed by atoms with van der Waals surface area (Å²) in [6.07, 6.45) is -5.24. The van der Waals surface area contributed by atoms with Crippen LogP contribution in [0.1, 0.15) is 17.3 Å². The van der Waals surface area contributed by atoms with Gasteiger partial charge < -0.3 is 15.6 Å². The van der Waals surface area contributed by atoms with Crippen LogP contribution in [0.3, 0.4) is 0 Å². The minimum Gasteiger partial charge on any atom is -0.404 e. The molecule has 0 saturated heterocycles. The molecule has 30 heavy (non-hydrogen) atoms. The van der Waals surface area contributed by atoms with Gasteiger partial charge in [-0.3, -0.25) is 9.59 Å². The van der Waals surface area contributed by atoms with Crippen molar-refractivity contribution in [3.05, 3.63) is 40.2 Å². The Morgan fingerprint density at radius 2 is 1.97 bits per heavy atom. The number of ether oxygens (including phenoxy) is 1. The number of hydrogen-bond donors (Lipinski definition) is 2. The van der Waals surface area contributed by atoms with E-state index in [2.05, 4.69) is 4.74 Å².